The van der Waals surface area contributed by atoms with Crippen molar-refractivity contribution in [1.29, 1.82) is 0 Å². The number of hydrogen-bond donors (Lipinski definition) is 2. The molecule has 1 unspecified atom stereocenters. The minimum absolute atomic E-state index is 0.0992. The maximum Gasteiger partial charge on any atom is 0.0611 e. The van der Waals surface area contributed by atoms with Crippen molar-refractivity contribution in [3.63, 3.8) is 0 Å². The molecule has 2 aliphatic carbocycles. The van der Waals surface area contributed by atoms with Crippen LogP contribution in [-0.4, -0.2) is 30.5 Å². The number of hydrogen-bond acceptors (Lipinski definition) is 3. The Labute approximate surface area is 145 Å². The van der Waals surface area contributed by atoms with Crippen molar-refractivity contribution in [2.45, 2.75) is 56.4 Å². The van der Waals surface area contributed by atoms with Gasteiger partial charge < -0.3 is 15.6 Å². The Morgan fingerprint density at radius 2 is 2.21 bits per heavy atom. The van der Waals surface area contributed by atoms with E-state index in [1.54, 1.807) is 0 Å². The van der Waals surface area contributed by atoms with Gasteiger partial charge in [-0.25, -0.2) is 0 Å². The molecule has 1 fully saturated rings. The maximum atomic E-state index is 9.47. The number of ether oxygens (including phenoxy) is 1. The molecule has 24 heavy (non-hydrogen) atoms. The van der Waals surface area contributed by atoms with Gasteiger partial charge in [-0.2, -0.15) is 0 Å². The summed E-state index contributed by atoms with van der Waals surface area (Å²) >= 11 is 0. The van der Waals surface area contributed by atoms with Crippen molar-refractivity contribution in [3.8, 4) is 0 Å². The van der Waals surface area contributed by atoms with Crippen molar-refractivity contribution in [2.24, 2.45) is 11.7 Å². The molecule has 0 bridgehead atoms. The van der Waals surface area contributed by atoms with Gasteiger partial charge in [-0.15, -0.1) is 6.58 Å². The molecule has 1 saturated carbocycles. The highest BCUT2D eigenvalue weighted by Crippen LogP contribution is 2.40. The molecule has 3 nitrogen and oxygen atoms in total. The fourth-order valence-corrected chi connectivity index (χ4v) is 4.25. The summed E-state index contributed by atoms with van der Waals surface area (Å²) in [5.74, 6) is 1.15. The lowest BCUT2D eigenvalue weighted by Crippen LogP contribution is -2.40. The fourth-order valence-electron chi connectivity index (χ4n) is 4.25. The minimum atomic E-state index is -0.367. The number of aliphatic hydroxyl groups excluding tert-OH is 1. The summed E-state index contributed by atoms with van der Waals surface area (Å²) in [4.78, 5) is 0. The van der Waals surface area contributed by atoms with Gasteiger partial charge in [-0.1, -0.05) is 24.3 Å². The summed E-state index contributed by atoms with van der Waals surface area (Å²) in [7, 11) is 0. The molecule has 3 rings (SSSR count). The topological polar surface area (TPSA) is 55.5 Å². The summed E-state index contributed by atoms with van der Waals surface area (Å²) in [5, 5.41) is 9.47. The number of rotatable bonds is 7. The lowest BCUT2D eigenvalue weighted by atomic mass is 9.82. The van der Waals surface area contributed by atoms with Crippen LogP contribution in [0.25, 0.3) is 0 Å². The fraction of sp³-hybridized carbons (Fsp3) is 0.619. The molecular formula is C21H31NO2. The normalized spacial score (nSPS) is 29.4. The Morgan fingerprint density at radius 3 is 2.96 bits per heavy atom. The smallest absolute Gasteiger partial charge is 0.0611 e. The number of aliphatic hydroxyl groups is 1. The number of fused-ring (bicyclic) bond motifs is 1. The van der Waals surface area contributed by atoms with Crippen molar-refractivity contribution in [3.05, 3.63) is 47.5 Å². The SMILES string of the molecule is C=CCCOCC1CCc2cc([C@H]3CC[C@](N)(CO)C3)ccc2C1. The predicted molar refractivity (Wildman–Crippen MR) is 98.2 cm³/mol. The molecule has 0 radical (unpaired) electrons. The molecule has 0 amide bonds. The Balaban J connectivity index is 1.59. The number of benzene rings is 1. The zero-order chi connectivity index (χ0) is 17.0. The molecule has 132 valence electrons. The third-order valence-electron chi connectivity index (χ3n) is 5.81. The predicted octanol–water partition coefficient (Wildman–Crippen LogP) is 3.34. The van der Waals surface area contributed by atoms with E-state index in [4.69, 9.17) is 10.5 Å². The van der Waals surface area contributed by atoms with E-state index >= 15 is 0 Å². The van der Waals surface area contributed by atoms with E-state index in [2.05, 4.69) is 24.8 Å². The van der Waals surface area contributed by atoms with Crippen LogP contribution in [0.2, 0.25) is 0 Å². The molecule has 3 heteroatoms. The van der Waals surface area contributed by atoms with Crippen LogP contribution in [0.5, 0.6) is 0 Å². The average molecular weight is 329 g/mol. The van der Waals surface area contributed by atoms with Gasteiger partial charge in [-0.05, 0) is 73.5 Å². The van der Waals surface area contributed by atoms with E-state index in [1.807, 2.05) is 6.08 Å². The summed E-state index contributed by atoms with van der Waals surface area (Å²) in [5.41, 5.74) is 10.3. The molecule has 1 aromatic rings. The Hall–Kier alpha value is -1.16. The summed E-state index contributed by atoms with van der Waals surface area (Å²) < 4.78 is 5.76. The van der Waals surface area contributed by atoms with Crippen molar-refractivity contribution >= 4 is 0 Å². The van der Waals surface area contributed by atoms with Crippen LogP contribution in [0.4, 0.5) is 0 Å². The second-order valence-corrected chi connectivity index (χ2v) is 7.75. The molecular weight excluding hydrogens is 298 g/mol. The lowest BCUT2D eigenvalue weighted by molar-refractivity contribution is 0.0979. The first-order valence-electron chi connectivity index (χ1n) is 9.33. The monoisotopic (exact) mass is 329 g/mol. The Kier molecular flexibility index (Phi) is 5.75. The number of aryl methyl sites for hydroxylation is 1. The quantitative estimate of drug-likeness (QED) is 0.596. The van der Waals surface area contributed by atoms with E-state index in [9.17, 15) is 5.11 Å². The highest BCUT2D eigenvalue weighted by molar-refractivity contribution is 5.36. The molecule has 3 atom stereocenters. The van der Waals surface area contributed by atoms with Gasteiger partial charge >= 0.3 is 0 Å². The van der Waals surface area contributed by atoms with Crippen LogP contribution in [0.15, 0.2) is 30.9 Å². The largest absolute Gasteiger partial charge is 0.394 e. The first-order valence-corrected chi connectivity index (χ1v) is 9.33. The van der Waals surface area contributed by atoms with Gasteiger partial charge in [0.15, 0.2) is 0 Å². The van der Waals surface area contributed by atoms with Crippen molar-refractivity contribution < 1.29 is 9.84 Å². The standard InChI is InChI=1S/C21H31NO2/c1-2-3-10-24-14-16-4-5-18-12-19(7-6-17(18)11-16)20-8-9-21(22,13-20)15-23/h2,6-7,12,16,20,23H,1,3-5,8-11,13-15,22H2/t16?,20-,21+/m0/s1. The van der Waals surface area contributed by atoms with E-state index in [-0.39, 0.29) is 12.1 Å². The second-order valence-electron chi connectivity index (χ2n) is 7.75. The van der Waals surface area contributed by atoms with Crippen LogP contribution in [0.1, 0.15) is 54.7 Å². The van der Waals surface area contributed by atoms with Gasteiger partial charge in [-0.3, -0.25) is 0 Å². The Bertz CT molecular complexity index is 571. The van der Waals surface area contributed by atoms with Gasteiger partial charge in [0.2, 0.25) is 0 Å². The highest BCUT2D eigenvalue weighted by Gasteiger charge is 2.36. The van der Waals surface area contributed by atoms with Crippen LogP contribution >= 0.6 is 0 Å². The molecule has 1 aromatic carbocycles. The van der Waals surface area contributed by atoms with E-state index in [1.165, 1.54) is 23.1 Å². The molecule has 0 saturated heterocycles. The van der Waals surface area contributed by atoms with Crippen molar-refractivity contribution in [2.75, 3.05) is 19.8 Å². The molecule has 0 aromatic heterocycles. The maximum absolute atomic E-state index is 9.47. The van der Waals surface area contributed by atoms with Gasteiger partial charge in [0.25, 0.3) is 0 Å². The molecule has 3 N–H and O–H groups in total. The van der Waals surface area contributed by atoms with E-state index in [0.29, 0.717) is 11.8 Å². The third kappa shape index (κ3) is 4.08. The molecule has 0 heterocycles. The third-order valence-corrected chi connectivity index (χ3v) is 5.81. The summed E-state index contributed by atoms with van der Waals surface area (Å²) in [6.07, 6.45) is 9.27. The van der Waals surface area contributed by atoms with Crippen LogP contribution in [0, 0.1) is 5.92 Å². The molecule has 2 aliphatic rings. The van der Waals surface area contributed by atoms with Gasteiger partial charge in [0.1, 0.15) is 0 Å². The van der Waals surface area contributed by atoms with Crippen LogP contribution < -0.4 is 5.73 Å². The van der Waals surface area contributed by atoms with E-state index in [0.717, 1.165) is 51.7 Å². The van der Waals surface area contributed by atoms with Crippen LogP contribution in [-0.2, 0) is 17.6 Å². The van der Waals surface area contributed by atoms with E-state index < -0.39 is 0 Å². The van der Waals surface area contributed by atoms with Gasteiger partial charge in [0, 0.05) is 12.1 Å². The average Bonchev–Trinajstić information content (AvgIpc) is 3.01. The first kappa shape index (κ1) is 17.7. The first-order chi connectivity index (χ1) is 11.6. The summed E-state index contributed by atoms with van der Waals surface area (Å²) in [6.45, 7) is 5.48. The zero-order valence-electron chi connectivity index (χ0n) is 14.7. The van der Waals surface area contributed by atoms with Crippen molar-refractivity contribution in [1.82, 2.24) is 0 Å². The number of nitrogens with two attached hydrogens (primary N) is 1. The zero-order valence-corrected chi connectivity index (χ0v) is 14.7. The summed E-state index contributed by atoms with van der Waals surface area (Å²) in [6, 6.07) is 7.00. The Morgan fingerprint density at radius 1 is 1.33 bits per heavy atom. The lowest BCUT2D eigenvalue weighted by Gasteiger charge is -2.26. The second kappa shape index (κ2) is 7.81. The van der Waals surface area contributed by atoms with Crippen LogP contribution in [0.3, 0.4) is 0 Å². The molecule has 0 aliphatic heterocycles. The minimum Gasteiger partial charge on any atom is -0.394 e. The van der Waals surface area contributed by atoms with Gasteiger partial charge in [0.05, 0.1) is 13.2 Å². The molecule has 0 spiro atoms. The highest BCUT2D eigenvalue weighted by atomic mass is 16.5.